The number of piperazine rings is 1. The maximum atomic E-state index is 13.3. The number of methoxy groups -OCH3 is 1. The first-order chi connectivity index (χ1) is 17.2. The number of amides is 1. The standard InChI is InChI=1S/C28H34N4O3/c1-34-26-12-11-23(18-27(26)35-25-9-5-6-10-25)31-15-16-32(28(33)20-30-14-13-29-21-30)24(19-31)17-22-7-3-2-4-8-22/h2-4,7-8,11-14,18,21,24-25H,5-6,9-10,15-17,19-20H2,1H3/t24-/m0/s1. The molecule has 7 nitrogen and oxygen atoms in total. The van der Waals surface area contributed by atoms with E-state index in [1.807, 2.05) is 27.8 Å². The predicted molar refractivity (Wildman–Crippen MR) is 136 cm³/mol. The minimum Gasteiger partial charge on any atom is -0.493 e. The van der Waals surface area contributed by atoms with Crippen LogP contribution >= 0.6 is 0 Å². The third-order valence-electron chi connectivity index (χ3n) is 7.10. The Hall–Kier alpha value is -3.48. The summed E-state index contributed by atoms with van der Waals surface area (Å²) in [5.41, 5.74) is 2.35. The highest BCUT2D eigenvalue weighted by molar-refractivity contribution is 5.77. The molecule has 1 atom stereocenters. The van der Waals surface area contributed by atoms with Gasteiger partial charge in [0.05, 0.1) is 25.6 Å². The van der Waals surface area contributed by atoms with Gasteiger partial charge in [-0.25, -0.2) is 4.98 Å². The van der Waals surface area contributed by atoms with Crippen molar-refractivity contribution in [2.24, 2.45) is 0 Å². The van der Waals surface area contributed by atoms with Crippen LogP contribution in [0.25, 0.3) is 0 Å². The number of hydrogen-bond acceptors (Lipinski definition) is 5. The van der Waals surface area contributed by atoms with Crippen molar-refractivity contribution in [2.75, 3.05) is 31.6 Å². The number of carbonyl (C=O) groups excluding carboxylic acids is 1. The lowest BCUT2D eigenvalue weighted by molar-refractivity contribution is -0.134. The summed E-state index contributed by atoms with van der Waals surface area (Å²) in [5, 5.41) is 0. The van der Waals surface area contributed by atoms with E-state index in [0.29, 0.717) is 13.1 Å². The first-order valence-electron chi connectivity index (χ1n) is 12.6. The van der Waals surface area contributed by atoms with Gasteiger partial charge in [-0.1, -0.05) is 30.3 Å². The molecule has 0 N–H and O–H groups in total. The zero-order valence-corrected chi connectivity index (χ0v) is 20.4. The molecule has 1 saturated carbocycles. The Kier molecular flexibility index (Phi) is 7.21. The number of carbonyl (C=O) groups is 1. The van der Waals surface area contributed by atoms with E-state index in [0.717, 1.165) is 49.5 Å². The molecule has 5 rings (SSSR count). The molecule has 0 radical (unpaired) electrons. The number of aromatic nitrogens is 2. The van der Waals surface area contributed by atoms with Crippen molar-refractivity contribution in [1.29, 1.82) is 0 Å². The Labute approximate surface area is 207 Å². The highest BCUT2D eigenvalue weighted by Crippen LogP contribution is 2.35. The summed E-state index contributed by atoms with van der Waals surface area (Å²) in [6.07, 6.45) is 11.0. The average molecular weight is 475 g/mol. The van der Waals surface area contributed by atoms with E-state index in [1.165, 1.54) is 18.4 Å². The van der Waals surface area contributed by atoms with Crippen LogP contribution in [0.4, 0.5) is 5.69 Å². The Morgan fingerprint density at radius 1 is 1.06 bits per heavy atom. The minimum absolute atomic E-state index is 0.0727. The molecule has 2 fully saturated rings. The van der Waals surface area contributed by atoms with Gasteiger partial charge in [-0.05, 0) is 49.8 Å². The summed E-state index contributed by atoms with van der Waals surface area (Å²) in [6.45, 7) is 2.53. The Morgan fingerprint density at radius 3 is 2.63 bits per heavy atom. The summed E-state index contributed by atoms with van der Waals surface area (Å²) in [4.78, 5) is 21.8. The molecule has 2 aliphatic rings. The predicted octanol–water partition coefficient (Wildman–Crippen LogP) is 4.17. The SMILES string of the molecule is COc1ccc(N2CCN(C(=O)Cn3ccnc3)[C@@H](Cc3ccccc3)C2)cc1OC1CCCC1. The van der Waals surface area contributed by atoms with Crippen molar-refractivity contribution >= 4 is 11.6 Å². The Balaban J connectivity index is 1.35. The second-order valence-corrected chi connectivity index (χ2v) is 9.47. The smallest absolute Gasteiger partial charge is 0.242 e. The van der Waals surface area contributed by atoms with Gasteiger partial charge in [0.1, 0.15) is 6.54 Å². The lowest BCUT2D eigenvalue weighted by atomic mass is 10.0. The van der Waals surface area contributed by atoms with Crippen LogP contribution in [0, 0.1) is 0 Å². The van der Waals surface area contributed by atoms with E-state index in [4.69, 9.17) is 9.47 Å². The van der Waals surface area contributed by atoms with Gasteiger partial charge >= 0.3 is 0 Å². The molecule has 1 aliphatic heterocycles. The molecule has 2 heterocycles. The second-order valence-electron chi connectivity index (χ2n) is 9.47. The van der Waals surface area contributed by atoms with Crippen molar-refractivity contribution in [1.82, 2.24) is 14.5 Å². The number of nitrogens with zero attached hydrogens (tertiary/aromatic N) is 4. The summed E-state index contributed by atoms with van der Waals surface area (Å²) in [5.74, 6) is 1.72. The van der Waals surface area contributed by atoms with Gasteiger partial charge in [0.25, 0.3) is 0 Å². The summed E-state index contributed by atoms with van der Waals surface area (Å²) in [6, 6.07) is 16.7. The topological polar surface area (TPSA) is 59.8 Å². The number of anilines is 1. The highest BCUT2D eigenvalue weighted by Gasteiger charge is 2.31. The molecule has 1 aliphatic carbocycles. The molecule has 0 bridgehead atoms. The largest absolute Gasteiger partial charge is 0.493 e. The molecule has 2 aromatic carbocycles. The Bertz CT molecular complexity index is 1100. The lowest BCUT2D eigenvalue weighted by Gasteiger charge is -2.43. The molecule has 7 heteroatoms. The van der Waals surface area contributed by atoms with Crippen molar-refractivity contribution < 1.29 is 14.3 Å². The fraction of sp³-hybridized carbons (Fsp3) is 0.429. The van der Waals surface area contributed by atoms with Crippen LogP contribution in [-0.2, 0) is 17.8 Å². The Morgan fingerprint density at radius 2 is 1.89 bits per heavy atom. The molecular formula is C28H34N4O3. The maximum Gasteiger partial charge on any atom is 0.242 e. The lowest BCUT2D eigenvalue weighted by Crippen LogP contribution is -2.56. The van der Waals surface area contributed by atoms with Crippen molar-refractivity contribution in [3.8, 4) is 11.5 Å². The molecule has 1 saturated heterocycles. The number of ether oxygens (including phenoxy) is 2. The normalized spacial score (nSPS) is 18.6. The first-order valence-corrected chi connectivity index (χ1v) is 12.6. The third kappa shape index (κ3) is 5.61. The van der Waals surface area contributed by atoms with Crippen LogP contribution in [0.1, 0.15) is 31.2 Å². The van der Waals surface area contributed by atoms with Crippen molar-refractivity contribution in [3.05, 3.63) is 72.8 Å². The number of imidazole rings is 1. The first kappa shape index (κ1) is 23.3. The van der Waals surface area contributed by atoms with Gasteiger partial charge in [0, 0.05) is 43.8 Å². The molecule has 35 heavy (non-hydrogen) atoms. The highest BCUT2D eigenvalue weighted by atomic mass is 16.5. The molecule has 0 spiro atoms. The van der Waals surface area contributed by atoms with E-state index < -0.39 is 0 Å². The van der Waals surface area contributed by atoms with Gasteiger partial charge < -0.3 is 23.8 Å². The molecule has 184 valence electrons. The molecular weight excluding hydrogens is 440 g/mol. The monoisotopic (exact) mass is 474 g/mol. The van der Waals surface area contributed by atoms with Crippen molar-refractivity contribution in [3.63, 3.8) is 0 Å². The maximum absolute atomic E-state index is 13.3. The number of hydrogen-bond donors (Lipinski definition) is 0. The quantitative estimate of drug-likeness (QED) is 0.490. The van der Waals surface area contributed by atoms with Crippen LogP contribution in [0.3, 0.4) is 0 Å². The third-order valence-corrected chi connectivity index (χ3v) is 7.10. The van der Waals surface area contributed by atoms with Crippen molar-refractivity contribution in [2.45, 2.75) is 50.8 Å². The number of rotatable bonds is 8. The van der Waals surface area contributed by atoms with Gasteiger partial charge in [0.15, 0.2) is 11.5 Å². The van der Waals surface area contributed by atoms with Crippen LogP contribution < -0.4 is 14.4 Å². The van der Waals surface area contributed by atoms with E-state index in [-0.39, 0.29) is 18.1 Å². The van der Waals surface area contributed by atoms with Crippen LogP contribution in [-0.4, -0.2) is 59.2 Å². The van der Waals surface area contributed by atoms with E-state index in [9.17, 15) is 4.79 Å². The van der Waals surface area contributed by atoms with Gasteiger partial charge in [-0.2, -0.15) is 0 Å². The fourth-order valence-corrected chi connectivity index (χ4v) is 5.25. The van der Waals surface area contributed by atoms with E-state index in [1.54, 1.807) is 19.6 Å². The minimum atomic E-state index is 0.0727. The van der Waals surface area contributed by atoms with Gasteiger partial charge in [-0.15, -0.1) is 0 Å². The average Bonchev–Trinajstić information content (AvgIpc) is 3.59. The summed E-state index contributed by atoms with van der Waals surface area (Å²) in [7, 11) is 1.69. The number of benzene rings is 2. The van der Waals surface area contributed by atoms with E-state index in [2.05, 4.69) is 46.3 Å². The fourth-order valence-electron chi connectivity index (χ4n) is 5.25. The second kappa shape index (κ2) is 10.8. The van der Waals surface area contributed by atoms with Crippen LogP contribution in [0.5, 0.6) is 11.5 Å². The summed E-state index contributed by atoms with van der Waals surface area (Å²) < 4.78 is 13.8. The zero-order chi connectivity index (χ0) is 24.0. The van der Waals surface area contributed by atoms with Crippen LogP contribution in [0.15, 0.2) is 67.3 Å². The molecule has 0 unspecified atom stereocenters. The van der Waals surface area contributed by atoms with Gasteiger partial charge in [-0.3, -0.25) is 4.79 Å². The molecule has 1 aromatic heterocycles. The molecule has 1 amide bonds. The van der Waals surface area contributed by atoms with Gasteiger partial charge in [0.2, 0.25) is 5.91 Å². The molecule has 3 aromatic rings. The zero-order valence-electron chi connectivity index (χ0n) is 20.4. The summed E-state index contributed by atoms with van der Waals surface area (Å²) >= 11 is 0. The van der Waals surface area contributed by atoms with E-state index >= 15 is 0 Å². The van der Waals surface area contributed by atoms with Crippen LogP contribution in [0.2, 0.25) is 0 Å².